The number of carboxylic acid groups (broad SMARTS) is 1. The van der Waals surface area contributed by atoms with Crippen LogP contribution < -0.4 is 0 Å². The lowest BCUT2D eigenvalue weighted by molar-refractivity contribution is -0.726. The summed E-state index contributed by atoms with van der Waals surface area (Å²) >= 11 is 0. The van der Waals surface area contributed by atoms with Crippen molar-refractivity contribution in [2.24, 2.45) is 5.92 Å². The van der Waals surface area contributed by atoms with Crippen molar-refractivity contribution in [3.8, 4) is 0 Å². The van der Waals surface area contributed by atoms with Crippen LogP contribution in [0.4, 0.5) is 0 Å². The lowest BCUT2D eigenvalue weighted by Gasteiger charge is -2.22. The molecule has 0 aliphatic carbocycles. The molecule has 0 amide bonds. The summed E-state index contributed by atoms with van der Waals surface area (Å²) in [6.45, 7) is 2.61. The maximum absolute atomic E-state index is 12.4. The number of ether oxygens (including phenoxy) is 1. The maximum Gasteiger partial charge on any atom is 0.403 e. The number of esters is 1. The lowest BCUT2D eigenvalue weighted by atomic mass is 9.78. The summed E-state index contributed by atoms with van der Waals surface area (Å²) in [6.07, 6.45) is 0. The molecule has 0 aliphatic rings. The van der Waals surface area contributed by atoms with E-state index in [9.17, 15) is 29.9 Å². The Morgan fingerprint density at radius 1 is 1.15 bits per heavy atom. The van der Waals surface area contributed by atoms with E-state index in [0.717, 1.165) is 6.92 Å². The summed E-state index contributed by atoms with van der Waals surface area (Å²) in [7, 11) is 0. The third-order valence-electron chi connectivity index (χ3n) is 4.19. The van der Waals surface area contributed by atoms with Gasteiger partial charge in [-0.15, -0.1) is 0 Å². The monoisotopic (exact) mass is 373 g/mol. The highest BCUT2D eigenvalue weighted by atomic mass is 16.8. The van der Waals surface area contributed by atoms with Crippen LogP contribution in [-0.4, -0.2) is 45.3 Å². The van der Waals surface area contributed by atoms with E-state index in [0.29, 0.717) is 10.8 Å². The molecule has 0 radical (unpaired) electrons. The quantitative estimate of drug-likeness (QED) is 0.190. The van der Waals surface area contributed by atoms with E-state index in [1.165, 1.54) is 13.0 Å². The second kappa shape index (κ2) is 8.31. The van der Waals surface area contributed by atoms with Gasteiger partial charge in [0.25, 0.3) is 0 Å². The second-order valence-electron chi connectivity index (χ2n) is 5.85. The largest absolute Gasteiger partial charge is 0.473 e. The Morgan fingerprint density at radius 3 is 2.33 bits per heavy atom. The molecule has 2 rings (SSSR count). The Morgan fingerprint density at radius 2 is 1.78 bits per heavy atom. The fraction of sp³-hybridized carbons (Fsp3) is 0.263. The van der Waals surface area contributed by atoms with Crippen molar-refractivity contribution in [2.45, 2.75) is 19.8 Å². The molecule has 142 valence electrons. The molecule has 2 aromatic rings. The average molecular weight is 373 g/mol. The van der Waals surface area contributed by atoms with Crippen LogP contribution in [-0.2, 0) is 19.1 Å². The summed E-state index contributed by atoms with van der Waals surface area (Å²) in [5.41, 5.74) is -0.798. The summed E-state index contributed by atoms with van der Waals surface area (Å²) in [5, 5.41) is 31.8. The highest BCUT2D eigenvalue weighted by molar-refractivity contribution is 6.37. The number of carbonyl (C=O) groups excluding carboxylic acids is 2. The van der Waals surface area contributed by atoms with Gasteiger partial charge in [0.2, 0.25) is 0 Å². The van der Waals surface area contributed by atoms with Crippen LogP contribution in [0.25, 0.3) is 10.8 Å². The molecule has 2 N–H and O–H groups in total. The molecule has 0 saturated heterocycles. The van der Waals surface area contributed by atoms with E-state index in [1.807, 2.05) is 0 Å². The highest BCUT2D eigenvalue weighted by Gasteiger charge is 2.46. The van der Waals surface area contributed by atoms with Crippen molar-refractivity contribution < 1.29 is 34.3 Å². The van der Waals surface area contributed by atoms with Crippen LogP contribution >= 0.6 is 0 Å². The molecule has 27 heavy (non-hydrogen) atoms. The van der Waals surface area contributed by atoms with Gasteiger partial charge in [-0.1, -0.05) is 42.5 Å². The molecule has 0 fully saturated rings. The van der Waals surface area contributed by atoms with Crippen LogP contribution in [0, 0.1) is 11.1 Å². The van der Waals surface area contributed by atoms with Gasteiger partial charge in [-0.3, -0.25) is 14.8 Å². The molecule has 8 heteroatoms. The van der Waals surface area contributed by atoms with Gasteiger partial charge in [0, 0.05) is 4.90 Å². The zero-order chi connectivity index (χ0) is 20.1. The Bertz CT molecular complexity index is 910. The van der Waals surface area contributed by atoms with Crippen molar-refractivity contribution >= 4 is 34.2 Å². The zero-order valence-corrected chi connectivity index (χ0v) is 14.8. The Hall–Kier alpha value is -3.42. The summed E-state index contributed by atoms with van der Waals surface area (Å²) in [5.74, 6) is -6.55. The van der Waals surface area contributed by atoms with Crippen molar-refractivity contribution in [3.05, 3.63) is 53.2 Å². The molecule has 0 aliphatic heterocycles. The normalized spacial score (nSPS) is 14.1. The molecule has 2 unspecified atom stereocenters. The minimum absolute atomic E-state index is 0.0342. The van der Waals surface area contributed by atoms with E-state index >= 15 is 0 Å². The van der Waals surface area contributed by atoms with E-state index in [2.05, 4.69) is 0 Å². The first-order valence-corrected chi connectivity index (χ1v) is 8.20. The standard InChI is InChI=1S/C19H19NO7/c1-3-27-19(24)15(11(2)21)16(17(18(22)23)20(25)26)14-10-6-8-12-7-4-5-9-13(12)14/h4-10,15-16H,3H2,1-2H3,(H,22,23)(H,25,26). The predicted octanol–water partition coefficient (Wildman–Crippen LogP) is 2.12. The van der Waals surface area contributed by atoms with Gasteiger partial charge >= 0.3 is 17.7 Å². The Kier molecular flexibility index (Phi) is 6.12. The molecule has 0 heterocycles. The Balaban J connectivity index is 2.84. The fourth-order valence-corrected chi connectivity index (χ4v) is 3.11. The van der Waals surface area contributed by atoms with Crippen molar-refractivity contribution in [1.82, 2.24) is 0 Å². The topological polar surface area (TPSA) is 127 Å². The molecule has 2 aromatic carbocycles. The Labute approximate surface area is 154 Å². The molecular formula is C19H19NO7. The zero-order valence-electron chi connectivity index (χ0n) is 14.8. The molecule has 0 saturated carbocycles. The number of nitrogens with zero attached hydrogens (tertiary/aromatic N) is 1. The second-order valence-corrected chi connectivity index (χ2v) is 5.85. The van der Waals surface area contributed by atoms with Crippen LogP contribution in [0.1, 0.15) is 25.3 Å². The molecule has 0 bridgehead atoms. The van der Waals surface area contributed by atoms with Gasteiger partial charge < -0.3 is 15.1 Å². The fourth-order valence-electron chi connectivity index (χ4n) is 3.11. The van der Waals surface area contributed by atoms with E-state index in [-0.39, 0.29) is 12.2 Å². The maximum atomic E-state index is 12.4. The molecular weight excluding hydrogens is 354 g/mol. The van der Waals surface area contributed by atoms with Gasteiger partial charge in [0.1, 0.15) is 17.6 Å². The predicted molar refractivity (Wildman–Crippen MR) is 95.5 cm³/mol. The number of ketones is 1. The number of rotatable bonds is 7. The highest BCUT2D eigenvalue weighted by Crippen LogP contribution is 2.34. The van der Waals surface area contributed by atoms with Crippen molar-refractivity contribution in [1.29, 1.82) is 0 Å². The lowest BCUT2D eigenvalue weighted by Crippen LogP contribution is -2.40. The third kappa shape index (κ3) is 4.05. The third-order valence-corrected chi connectivity index (χ3v) is 4.19. The first-order valence-electron chi connectivity index (χ1n) is 8.20. The number of fused-ring (bicyclic) bond motifs is 1. The van der Waals surface area contributed by atoms with Crippen LogP contribution in [0.3, 0.4) is 0 Å². The number of hydrogen-bond acceptors (Lipinski definition) is 6. The molecule has 0 aromatic heterocycles. The smallest absolute Gasteiger partial charge is 0.403 e. The van der Waals surface area contributed by atoms with Crippen LogP contribution in [0.5, 0.6) is 0 Å². The van der Waals surface area contributed by atoms with E-state index in [1.54, 1.807) is 36.4 Å². The number of hydrogen-bond donors (Lipinski definition) is 2. The number of carboxylic acids is 1. The van der Waals surface area contributed by atoms with Gasteiger partial charge in [0.15, 0.2) is 0 Å². The summed E-state index contributed by atoms with van der Waals surface area (Å²) in [6, 6.07) is 11.8. The number of Topliss-reactive ketones (excluding diaryl/α,β-unsaturated/α-hetero) is 1. The molecule has 8 nitrogen and oxygen atoms in total. The van der Waals surface area contributed by atoms with Gasteiger partial charge in [-0.25, -0.2) is 4.79 Å². The first-order chi connectivity index (χ1) is 12.8. The van der Waals surface area contributed by atoms with Gasteiger partial charge in [-0.05, 0) is 30.2 Å². The number of benzene rings is 2. The molecule has 0 spiro atoms. The van der Waals surface area contributed by atoms with Gasteiger partial charge in [0.05, 0.1) is 6.61 Å². The van der Waals surface area contributed by atoms with Crippen LogP contribution in [0.15, 0.2) is 42.5 Å². The van der Waals surface area contributed by atoms with Crippen molar-refractivity contribution in [2.75, 3.05) is 6.61 Å². The minimum atomic E-state index is -1.75. The number of aliphatic carboxylic acids is 1. The summed E-state index contributed by atoms with van der Waals surface area (Å²) < 4.78 is 4.92. The van der Waals surface area contributed by atoms with Gasteiger partial charge in [-0.2, -0.15) is 0 Å². The number of carbonyl (C=O) groups is 3. The molecule has 2 atom stereocenters. The van der Waals surface area contributed by atoms with E-state index in [4.69, 9.17) is 4.74 Å². The van der Waals surface area contributed by atoms with E-state index < -0.39 is 40.2 Å². The van der Waals surface area contributed by atoms with Crippen molar-refractivity contribution in [3.63, 3.8) is 0 Å². The average Bonchev–Trinajstić information content (AvgIpc) is 2.60. The van der Waals surface area contributed by atoms with Crippen LogP contribution in [0.2, 0.25) is 0 Å². The SMILES string of the molecule is CCOC(=O)C(C(C)=O)C(C(C(=O)O)=[N+]([O-])O)c1cccc2ccccc12. The minimum Gasteiger partial charge on any atom is -0.473 e. The summed E-state index contributed by atoms with van der Waals surface area (Å²) in [4.78, 5) is 35.6. The first kappa shape index (κ1) is 19.9.